The number of hydrogen-bond donors (Lipinski definition) is 1. The zero-order chi connectivity index (χ0) is 14.0. The molecular weight excluding hydrogens is 263 g/mol. The first-order valence-corrected chi connectivity index (χ1v) is 6.95. The van der Waals surface area contributed by atoms with Crippen molar-refractivity contribution in [1.82, 2.24) is 0 Å². The van der Waals surface area contributed by atoms with Gasteiger partial charge in [-0.2, -0.15) is 0 Å². The minimum atomic E-state index is -9.62. The lowest BCUT2D eigenvalue weighted by atomic mass is 10.1. The van der Waals surface area contributed by atoms with E-state index < -0.39 is 20.9 Å². The lowest BCUT2D eigenvalue weighted by Crippen LogP contribution is -2.06. The van der Waals surface area contributed by atoms with Gasteiger partial charge in [0.05, 0.1) is 0 Å². The molecule has 0 aromatic heterocycles. The third-order valence-corrected chi connectivity index (χ3v) is 3.02. The first-order valence-electron chi connectivity index (χ1n) is 5.00. The van der Waals surface area contributed by atoms with E-state index in [0.29, 0.717) is 6.07 Å². The van der Waals surface area contributed by atoms with E-state index in [2.05, 4.69) is 0 Å². The van der Waals surface area contributed by atoms with Crippen LogP contribution in [0, 0.1) is 0 Å². The second-order valence-corrected chi connectivity index (χ2v) is 5.52. The Morgan fingerprint density at radius 2 is 1.53 bits per heavy atom. The molecule has 17 heavy (non-hydrogen) atoms. The molecule has 0 amide bonds. The molecule has 0 radical (unpaired) electrons. The van der Waals surface area contributed by atoms with Crippen LogP contribution in [0.5, 0.6) is 5.75 Å². The number of aromatic hydroxyl groups is 1. The molecule has 7 heteroatoms. The summed E-state index contributed by atoms with van der Waals surface area (Å²) in [4.78, 5) is -1.97. The summed E-state index contributed by atoms with van der Waals surface area (Å²) >= 11 is 0. The third-order valence-electron chi connectivity index (χ3n) is 1.88. The summed E-state index contributed by atoms with van der Waals surface area (Å²) in [5.74, 6) is -0.414. The molecule has 0 aliphatic heterocycles. The van der Waals surface area contributed by atoms with Gasteiger partial charge in [0.2, 0.25) is 0 Å². The van der Waals surface area contributed by atoms with Gasteiger partial charge >= 0.3 is 10.2 Å². The number of benzene rings is 1. The minimum absolute atomic E-state index is 0.0491. The predicted octanol–water partition coefficient (Wildman–Crippen LogP) is 5.64. The fourth-order valence-electron chi connectivity index (χ4n) is 1.09. The van der Waals surface area contributed by atoms with Crippen LogP contribution in [0.25, 0.3) is 0 Å². The van der Waals surface area contributed by atoms with Crippen molar-refractivity contribution in [3.63, 3.8) is 0 Å². The fourth-order valence-corrected chi connectivity index (χ4v) is 1.78. The molecule has 102 valence electrons. The molecule has 0 atom stereocenters. The van der Waals surface area contributed by atoms with Crippen LogP contribution < -0.4 is 0 Å². The number of rotatable bonds is 2. The van der Waals surface area contributed by atoms with E-state index >= 15 is 0 Å². The first-order chi connectivity index (χ1) is 7.44. The number of hydrogen-bond acceptors (Lipinski definition) is 1. The molecule has 1 nitrogen and oxygen atoms in total. The highest BCUT2D eigenvalue weighted by Crippen LogP contribution is 3.02. The van der Waals surface area contributed by atoms with Crippen molar-refractivity contribution in [2.75, 3.05) is 0 Å². The number of halogens is 5. The van der Waals surface area contributed by atoms with Crippen LogP contribution >= 0.6 is 10.2 Å². The standard InChI is InChI=1S/C8H9F5OS.C2H6/c1-2-6-5-7(3-4-8(6)14)15(9,10,11,12)13;1-2/h3-5,14H,2H2,1H3;1-2H3. The van der Waals surface area contributed by atoms with Gasteiger partial charge in [0.25, 0.3) is 0 Å². The second-order valence-electron chi connectivity index (χ2n) is 3.11. The predicted molar refractivity (Wildman–Crippen MR) is 60.2 cm³/mol. The van der Waals surface area contributed by atoms with Gasteiger partial charge in [-0.1, -0.05) is 40.2 Å². The second kappa shape index (κ2) is 4.04. The Labute approximate surface area is 97.0 Å². The van der Waals surface area contributed by atoms with Crippen LogP contribution in [-0.2, 0) is 6.42 Å². The number of phenolic OH excluding ortho intramolecular Hbond substituents is 1. The first kappa shape index (κ1) is 16.0. The van der Waals surface area contributed by atoms with E-state index in [1.807, 2.05) is 13.8 Å². The Kier molecular flexibility index (Phi) is 3.81. The lowest BCUT2D eigenvalue weighted by Gasteiger charge is -2.40. The van der Waals surface area contributed by atoms with Crippen molar-refractivity contribution in [1.29, 1.82) is 0 Å². The Balaban J connectivity index is 0.00000121. The van der Waals surface area contributed by atoms with Crippen molar-refractivity contribution in [2.24, 2.45) is 0 Å². The molecule has 1 N–H and O–H groups in total. The normalized spacial score (nSPS) is 15.3. The van der Waals surface area contributed by atoms with Gasteiger partial charge in [-0.25, -0.2) is 0 Å². The molecule has 1 aromatic carbocycles. The van der Waals surface area contributed by atoms with Gasteiger partial charge in [-0.3, -0.25) is 0 Å². The van der Waals surface area contributed by atoms with E-state index in [1.54, 1.807) is 0 Å². The van der Waals surface area contributed by atoms with E-state index in [-0.39, 0.29) is 24.1 Å². The molecule has 0 aliphatic rings. The number of phenols is 1. The summed E-state index contributed by atoms with van der Waals surface area (Å²) in [5.41, 5.74) is -0.152. The minimum Gasteiger partial charge on any atom is -0.508 e. The molecule has 0 heterocycles. The van der Waals surface area contributed by atoms with E-state index in [4.69, 9.17) is 5.11 Å². The van der Waals surface area contributed by atoms with Gasteiger partial charge in [0.15, 0.2) is 0 Å². The van der Waals surface area contributed by atoms with Crippen molar-refractivity contribution >= 4 is 10.2 Å². The monoisotopic (exact) mass is 278 g/mol. The number of aryl methyl sites for hydroxylation is 1. The summed E-state index contributed by atoms with van der Waals surface area (Å²) in [7, 11) is -9.62. The van der Waals surface area contributed by atoms with E-state index in [9.17, 15) is 19.4 Å². The molecule has 0 saturated heterocycles. The van der Waals surface area contributed by atoms with Crippen LogP contribution in [0.15, 0.2) is 23.1 Å². The van der Waals surface area contributed by atoms with Crippen molar-refractivity contribution in [2.45, 2.75) is 32.1 Å². The van der Waals surface area contributed by atoms with Crippen molar-refractivity contribution in [3.05, 3.63) is 23.8 Å². The summed E-state index contributed by atoms with van der Waals surface area (Å²) < 4.78 is 61.6. The third kappa shape index (κ3) is 4.41. The summed E-state index contributed by atoms with van der Waals surface area (Å²) in [5, 5.41) is 9.07. The van der Waals surface area contributed by atoms with Crippen LogP contribution in [0.4, 0.5) is 19.4 Å². The molecule has 1 aromatic rings. The average molecular weight is 278 g/mol. The molecule has 0 fully saturated rings. The Hall–Kier alpha value is -0.980. The Morgan fingerprint density at radius 1 is 1.06 bits per heavy atom. The van der Waals surface area contributed by atoms with Crippen molar-refractivity contribution < 1.29 is 24.5 Å². The Morgan fingerprint density at radius 3 is 1.88 bits per heavy atom. The maximum atomic E-state index is 12.3. The zero-order valence-corrected chi connectivity index (χ0v) is 10.5. The van der Waals surface area contributed by atoms with Gasteiger partial charge in [0, 0.05) is 0 Å². The highest BCUT2D eigenvalue weighted by Gasteiger charge is 2.65. The molecule has 1 rings (SSSR count). The van der Waals surface area contributed by atoms with E-state index in [0.717, 1.165) is 0 Å². The highest BCUT2D eigenvalue weighted by atomic mass is 32.5. The summed E-state index contributed by atoms with van der Waals surface area (Å²) in [6.07, 6.45) is 0.0491. The quantitative estimate of drug-likeness (QED) is 0.694. The summed E-state index contributed by atoms with van der Waals surface area (Å²) in [6, 6.07) is 1.11. The molecule has 0 bridgehead atoms. The van der Waals surface area contributed by atoms with Gasteiger partial charge in [-0.05, 0) is 30.2 Å². The zero-order valence-electron chi connectivity index (χ0n) is 9.68. The molecule has 0 aliphatic carbocycles. The van der Waals surface area contributed by atoms with Gasteiger partial charge in [-0.15, -0.1) is 0 Å². The smallest absolute Gasteiger partial charge is 0.310 e. The maximum absolute atomic E-state index is 12.3. The molecular formula is C10H15F5OS. The van der Waals surface area contributed by atoms with E-state index in [1.165, 1.54) is 6.92 Å². The van der Waals surface area contributed by atoms with Crippen LogP contribution in [-0.4, -0.2) is 5.11 Å². The van der Waals surface area contributed by atoms with Crippen LogP contribution in [0.3, 0.4) is 0 Å². The fraction of sp³-hybridized carbons (Fsp3) is 0.400. The molecule has 0 saturated carbocycles. The molecule has 0 unspecified atom stereocenters. The summed E-state index contributed by atoms with van der Waals surface area (Å²) in [6.45, 7) is 5.46. The van der Waals surface area contributed by atoms with Crippen molar-refractivity contribution in [3.8, 4) is 5.75 Å². The lowest BCUT2D eigenvalue weighted by molar-refractivity contribution is 0.363. The average Bonchev–Trinajstić information content (AvgIpc) is 2.17. The van der Waals surface area contributed by atoms with Gasteiger partial charge in [0.1, 0.15) is 10.6 Å². The SMILES string of the molecule is CC.CCc1cc(S(F)(F)(F)(F)F)ccc1O. The topological polar surface area (TPSA) is 20.2 Å². The van der Waals surface area contributed by atoms with Crippen LogP contribution in [0.2, 0.25) is 0 Å². The maximum Gasteiger partial charge on any atom is 0.310 e. The largest absolute Gasteiger partial charge is 0.508 e. The Bertz CT molecular complexity index is 398. The molecule has 0 spiro atoms. The van der Waals surface area contributed by atoms with Crippen LogP contribution in [0.1, 0.15) is 26.3 Å². The highest BCUT2D eigenvalue weighted by molar-refractivity contribution is 8.45. The van der Waals surface area contributed by atoms with Gasteiger partial charge < -0.3 is 5.11 Å².